The number of carbonyl (C=O) groups is 16. The minimum absolute atomic E-state index is 0.0237. The SMILES string of the molecule is COCC[C@H]1C(=O)N2C[C@@H](O)C[C@@H]2C(=O)N[C@@H](CC(=O)O)C(=O)N[C@@H](C(C)C)C(=O)N(C)[C@@H](Cc2ccccc2)C(=O)N[C@H](Cc2ccc(OC)cc2)C(=O)N2C[C@@H](O)C[C@@H]2C(=O)N[C@@H](Cc2c[nH]c3ccccc23)C(=O)N[C@@H](Cc2ccc(O)cc2)C(=O)N[C@@H](CCCN)C(=O)N[C@H](C(=O)NCC(N)=O)CSCC(=O)N[C@@H](Cc2ccc(F)c(F)c2)C(=O)N(C)[C@@H](Cc2ccccc2)C(=O)N1C. The van der Waals surface area contributed by atoms with Crippen LogP contribution in [0.5, 0.6) is 11.5 Å². The number of thioether (sulfide) groups is 1. The van der Waals surface area contributed by atoms with E-state index < -0.39 is 260 Å². The summed E-state index contributed by atoms with van der Waals surface area (Å²) < 4.78 is 40.7. The highest BCUT2D eigenvalue weighted by atomic mass is 32.2. The number of hydrogen-bond donors (Lipinski definition) is 16. The standard InChI is InChI=1S/C96H119F2N17O22S/c1-53(2)83-96(135)112(4)76(41-54-17-10-8-11-18-54)89(128)108-73(39-57-26-31-63(137-7)32-27-57)93(132)114-49-61(117)44-77(114)90(129)106-70(43-59-47-101-67-22-15-14-21-64(59)67)87(126)105-69(38-56-24-29-60(116)30-25-56)86(125)104-68(23-16-35-99)85(124)109-74(84(123)102-48-80(100)119)51-138-52-81(120)103-72(40-58-28-33-65(97)66(98)37-58)92(131)113(5)79(42-55-19-12-9-13-20-55)94(133)111(3)75(34-36-136-6)95(134)115-50-62(118)45-78(115)91(130)107-71(46-82(121)122)88(127)110-83/h8-15,17-22,24-33,37,47,53,61-62,68-79,83,101,116-118H,16,23,34-36,38-46,48-52,99H2,1-7H3,(H2,100,119)(H,102,123)(H,103,120)(H,104,125)(H,105,126)(H,106,129)(H,107,130)(H,108,128)(H,109,124)(H,110,127)(H,121,122)/t61-,62-,68-,69-,70-,71-,72-,73+,74-,75-,76-,77+,78+,79-,83-/m0/s1. The van der Waals surface area contributed by atoms with Crippen molar-refractivity contribution < 1.29 is 115 Å². The van der Waals surface area contributed by atoms with Crippen LogP contribution in [0.4, 0.5) is 8.78 Å². The second kappa shape index (κ2) is 50.2. The number of aliphatic carboxylic acids is 1. The smallest absolute Gasteiger partial charge is 0.305 e. The predicted octanol–water partition coefficient (Wildman–Crippen LogP) is -0.546. The first-order valence-electron chi connectivity index (χ1n) is 45.0. The van der Waals surface area contributed by atoms with Gasteiger partial charge in [0.2, 0.25) is 88.6 Å². The number of nitrogens with two attached hydrogens (primary N) is 2. The Morgan fingerprint density at radius 2 is 1.01 bits per heavy atom. The van der Waals surface area contributed by atoms with E-state index >= 15 is 52.3 Å². The summed E-state index contributed by atoms with van der Waals surface area (Å²) in [6.45, 7) is 0.833. The molecular weight excluding hydrogens is 1810 g/mol. The Balaban J connectivity index is 1.07. The van der Waals surface area contributed by atoms with Crippen molar-refractivity contribution in [3.8, 4) is 11.5 Å². The van der Waals surface area contributed by atoms with E-state index in [1.807, 2.05) is 0 Å². The Hall–Kier alpha value is -14.0. The number of nitrogens with zero attached hydrogens (tertiary/aromatic N) is 5. The molecule has 138 heavy (non-hydrogen) atoms. The monoisotopic (exact) mass is 1930 g/mol. The average Bonchev–Trinajstić information content (AvgIpc) is 1.65. The number of aliphatic hydroxyl groups is 2. The fraction of sp³-hybridized carbons (Fsp3) is 0.438. The van der Waals surface area contributed by atoms with Crippen LogP contribution in [0.25, 0.3) is 10.9 Å². The minimum Gasteiger partial charge on any atom is -0.508 e. The minimum atomic E-state index is -2.05. The number of aromatic amines is 1. The van der Waals surface area contributed by atoms with Crippen LogP contribution in [-0.4, -0.2) is 315 Å². The number of aromatic nitrogens is 1. The first-order valence-corrected chi connectivity index (χ1v) is 46.2. The van der Waals surface area contributed by atoms with E-state index in [9.17, 15) is 53.6 Å². The second-order valence-corrected chi connectivity index (χ2v) is 35.8. The second-order valence-electron chi connectivity index (χ2n) is 34.7. The maximum absolute atomic E-state index is 15.9. The lowest BCUT2D eigenvalue weighted by Crippen LogP contribution is -2.62. The van der Waals surface area contributed by atoms with Gasteiger partial charge in [-0.2, -0.15) is 0 Å². The fourth-order valence-corrected chi connectivity index (χ4v) is 17.7. The van der Waals surface area contributed by atoms with Crippen LogP contribution in [0.2, 0.25) is 0 Å². The van der Waals surface area contributed by atoms with Crippen LogP contribution < -0.4 is 64.1 Å². The van der Waals surface area contributed by atoms with Gasteiger partial charge in [0.25, 0.3) is 0 Å². The van der Waals surface area contributed by atoms with Gasteiger partial charge < -0.3 is 119 Å². The van der Waals surface area contributed by atoms with E-state index in [4.69, 9.17) is 20.9 Å². The van der Waals surface area contributed by atoms with Crippen molar-refractivity contribution in [2.24, 2.45) is 17.4 Å². The van der Waals surface area contributed by atoms with Gasteiger partial charge in [-0.05, 0) is 101 Å². The molecule has 10 rings (SSSR count). The van der Waals surface area contributed by atoms with E-state index in [-0.39, 0.29) is 75.8 Å². The Morgan fingerprint density at radius 3 is 1.60 bits per heavy atom. The van der Waals surface area contributed by atoms with Gasteiger partial charge in [-0.25, -0.2) is 8.78 Å². The summed E-state index contributed by atoms with van der Waals surface area (Å²) in [7, 11) is 6.37. The number of para-hydroxylation sites is 1. The van der Waals surface area contributed by atoms with Gasteiger partial charge in [0.05, 0.1) is 38.0 Å². The number of fused-ring (bicyclic) bond motifs is 3. The Bertz CT molecular complexity index is 5500. The molecule has 740 valence electrons. The molecule has 7 aromatic rings. The largest absolute Gasteiger partial charge is 0.508 e. The summed E-state index contributed by atoms with van der Waals surface area (Å²) in [4.78, 5) is 247. The number of phenols is 1. The predicted molar refractivity (Wildman–Crippen MR) is 500 cm³/mol. The van der Waals surface area contributed by atoms with Crippen LogP contribution in [0, 0.1) is 17.6 Å². The maximum Gasteiger partial charge on any atom is 0.305 e. The van der Waals surface area contributed by atoms with Crippen molar-refractivity contribution in [3.05, 3.63) is 203 Å². The number of carbonyl (C=O) groups excluding carboxylic acids is 15. The molecule has 3 aliphatic heterocycles. The number of nitrogens with one attached hydrogen (secondary N) is 10. The van der Waals surface area contributed by atoms with Crippen molar-refractivity contribution in [2.75, 3.05) is 79.7 Å². The Morgan fingerprint density at radius 1 is 0.514 bits per heavy atom. The third-order valence-electron chi connectivity index (χ3n) is 24.4. The first-order chi connectivity index (χ1) is 65.8. The molecule has 0 unspecified atom stereocenters. The highest BCUT2D eigenvalue weighted by Crippen LogP contribution is 2.29. The van der Waals surface area contributed by atoms with E-state index in [2.05, 4.69) is 52.8 Å². The molecule has 3 saturated heterocycles. The fourth-order valence-electron chi connectivity index (χ4n) is 16.8. The molecule has 0 radical (unpaired) electrons. The Kier molecular flexibility index (Phi) is 38.6. The topological polar surface area (TPSA) is 565 Å². The molecule has 0 aliphatic carbocycles. The van der Waals surface area contributed by atoms with E-state index in [1.165, 1.54) is 73.5 Å². The Labute approximate surface area is 799 Å². The quantitative estimate of drug-likeness (QED) is 0.0341. The highest BCUT2D eigenvalue weighted by molar-refractivity contribution is 8.00. The van der Waals surface area contributed by atoms with Gasteiger partial charge in [-0.15, -0.1) is 11.8 Å². The molecule has 0 saturated carbocycles. The number of carboxylic acid groups (broad SMARTS) is 1. The third-order valence-corrected chi connectivity index (χ3v) is 25.4. The van der Waals surface area contributed by atoms with Crippen LogP contribution in [0.15, 0.2) is 158 Å². The number of likely N-dealkylation sites (N-methyl/N-ethyl adjacent to an activating group) is 3. The summed E-state index contributed by atoms with van der Waals surface area (Å²) in [5, 5.41) is 68.1. The lowest BCUT2D eigenvalue weighted by molar-refractivity contribution is -0.153. The summed E-state index contributed by atoms with van der Waals surface area (Å²) in [5.74, 6) is -21.6. The molecule has 0 bridgehead atoms. The van der Waals surface area contributed by atoms with Gasteiger partial charge in [0, 0.05) is 129 Å². The molecule has 3 fully saturated rings. The van der Waals surface area contributed by atoms with Crippen molar-refractivity contribution in [3.63, 3.8) is 0 Å². The first kappa shape index (κ1) is 106. The number of aromatic hydroxyl groups is 1. The molecule has 15 amide bonds. The molecule has 39 nitrogen and oxygen atoms in total. The van der Waals surface area contributed by atoms with Gasteiger partial charge in [-0.1, -0.05) is 123 Å². The molecule has 15 atom stereocenters. The molecule has 1 aromatic heterocycles. The molecule has 18 N–H and O–H groups in total. The highest BCUT2D eigenvalue weighted by Gasteiger charge is 2.48. The van der Waals surface area contributed by atoms with Crippen LogP contribution >= 0.6 is 11.8 Å². The molecule has 0 spiro atoms. The zero-order valence-electron chi connectivity index (χ0n) is 77.4. The molecule has 6 aromatic carbocycles. The van der Waals surface area contributed by atoms with Crippen molar-refractivity contribution in [2.45, 2.75) is 182 Å². The summed E-state index contributed by atoms with van der Waals surface area (Å²) in [5.41, 5.74) is 14.2. The number of aliphatic hydroxyl groups excluding tert-OH is 2. The zero-order chi connectivity index (χ0) is 100. The summed E-state index contributed by atoms with van der Waals surface area (Å²) in [6, 6.07) is 15.9. The number of primary amides is 1. The molecular formula is C96H119F2N17O22S. The van der Waals surface area contributed by atoms with Gasteiger partial charge >= 0.3 is 5.97 Å². The number of amides is 15. The van der Waals surface area contributed by atoms with Crippen molar-refractivity contribution >= 4 is 117 Å². The lowest BCUT2D eigenvalue weighted by Gasteiger charge is -2.37. The summed E-state index contributed by atoms with van der Waals surface area (Å²) in [6.07, 6.45) is -6.19. The van der Waals surface area contributed by atoms with E-state index in [0.717, 1.165) is 42.7 Å². The van der Waals surface area contributed by atoms with Crippen LogP contribution in [-0.2, 0) is 120 Å². The van der Waals surface area contributed by atoms with E-state index in [0.29, 0.717) is 56.2 Å². The lowest BCUT2D eigenvalue weighted by atomic mass is 9.98. The van der Waals surface area contributed by atoms with E-state index in [1.54, 1.807) is 115 Å². The zero-order valence-corrected chi connectivity index (χ0v) is 78.2. The van der Waals surface area contributed by atoms with Gasteiger partial charge in [0.15, 0.2) is 11.6 Å². The molecule has 42 heteroatoms. The number of phenolic OH excluding ortho intramolecular Hbond substituents is 1. The van der Waals surface area contributed by atoms with Crippen LogP contribution in [0.3, 0.4) is 0 Å². The molecule has 4 heterocycles. The number of benzene rings is 6. The van der Waals surface area contributed by atoms with Crippen molar-refractivity contribution in [1.29, 1.82) is 0 Å². The summed E-state index contributed by atoms with van der Waals surface area (Å²) >= 11 is 0.685. The number of carboxylic acids is 1. The third kappa shape index (κ3) is 29.1. The van der Waals surface area contributed by atoms with Crippen LogP contribution in [0.1, 0.15) is 85.8 Å². The number of hydrogen-bond acceptors (Lipinski definition) is 23. The van der Waals surface area contributed by atoms with Gasteiger partial charge in [-0.3, -0.25) is 76.7 Å². The molecule has 3 aliphatic rings. The number of methoxy groups -OCH3 is 2. The number of H-pyrrole nitrogens is 1. The number of halogens is 2. The van der Waals surface area contributed by atoms with Crippen molar-refractivity contribution in [1.82, 2.24) is 77.3 Å². The number of ether oxygens (including phenoxy) is 2. The average molecular weight is 1930 g/mol. The number of rotatable bonds is 25. The van der Waals surface area contributed by atoms with Gasteiger partial charge in [0.1, 0.15) is 90.0 Å². The normalized spacial score (nSPS) is 24.2. The maximum atomic E-state index is 15.9.